The lowest BCUT2D eigenvalue weighted by Gasteiger charge is -2.35. The number of piperazine rings is 1. The maximum absolute atomic E-state index is 13.0. The van der Waals surface area contributed by atoms with E-state index in [1.54, 1.807) is 18.3 Å². The molecule has 1 aromatic heterocycles. The third kappa shape index (κ3) is 5.58. The van der Waals surface area contributed by atoms with Crippen LogP contribution in [0, 0.1) is 0 Å². The minimum atomic E-state index is 0.113. The summed E-state index contributed by atoms with van der Waals surface area (Å²) in [6.07, 6.45) is 1.55. The molecule has 0 saturated carbocycles. The summed E-state index contributed by atoms with van der Waals surface area (Å²) < 4.78 is 16.7. The van der Waals surface area contributed by atoms with Crippen molar-refractivity contribution in [1.82, 2.24) is 14.8 Å². The molecule has 0 spiro atoms. The number of likely N-dealkylation sites (N-methyl/N-ethyl adjacent to an activating group) is 1. The topological polar surface area (TPSA) is 93.4 Å². The van der Waals surface area contributed by atoms with E-state index in [1.807, 2.05) is 53.2 Å². The van der Waals surface area contributed by atoms with Crippen molar-refractivity contribution in [2.24, 2.45) is 0 Å². The Morgan fingerprint density at radius 1 is 1.06 bits per heavy atom. The van der Waals surface area contributed by atoms with Crippen molar-refractivity contribution in [3.63, 3.8) is 0 Å². The Bertz CT molecular complexity index is 1180. The van der Waals surface area contributed by atoms with Crippen LogP contribution in [0.2, 0.25) is 0 Å². The Balaban J connectivity index is 1.11. The highest BCUT2D eigenvalue weighted by Gasteiger charge is 2.23. The molecule has 2 aliphatic rings. The molecule has 35 heavy (non-hydrogen) atoms. The number of carbonyl (C=O) groups is 1. The van der Waals surface area contributed by atoms with Gasteiger partial charge in [0.05, 0.1) is 18.4 Å². The summed E-state index contributed by atoms with van der Waals surface area (Å²) in [6.45, 7) is 4.50. The quantitative estimate of drug-likeness (QED) is 0.558. The third-order valence-electron chi connectivity index (χ3n) is 6.18. The van der Waals surface area contributed by atoms with Gasteiger partial charge in [-0.25, -0.2) is 4.98 Å². The van der Waals surface area contributed by atoms with Gasteiger partial charge in [-0.15, -0.1) is 0 Å². The molecule has 9 heteroatoms. The fourth-order valence-electron chi connectivity index (χ4n) is 4.20. The molecule has 1 fully saturated rings. The zero-order chi connectivity index (χ0) is 24.2. The molecule has 3 aromatic rings. The fourth-order valence-corrected chi connectivity index (χ4v) is 4.20. The zero-order valence-corrected chi connectivity index (χ0v) is 19.7. The minimum absolute atomic E-state index is 0.113. The molecule has 1 saturated heterocycles. The lowest BCUT2D eigenvalue weighted by Crippen LogP contribution is -2.50. The highest BCUT2D eigenvalue weighted by molar-refractivity contribution is 5.81. The van der Waals surface area contributed by atoms with Gasteiger partial charge in [-0.05, 0) is 35.9 Å². The molecule has 1 amide bonds. The smallest absolute Gasteiger partial charge is 0.242 e. The van der Waals surface area contributed by atoms with Crippen LogP contribution in [0.5, 0.6) is 23.1 Å². The molecule has 182 valence electrons. The van der Waals surface area contributed by atoms with Gasteiger partial charge in [0.15, 0.2) is 11.5 Å². The number of pyridine rings is 1. The average Bonchev–Trinajstić information content (AvgIpc) is 3.34. The number of nitrogen functional groups attached to an aromatic ring is 1. The second kappa shape index (κ2) is 10.1. The standard InChI is InChI=1S/C26H29N5O4/c1-29(21-3-2-4-22(14-21)35-25-8-6-20(27)15-28-25)17-26(32)31-11-9-30(10-12-31)16-19-5-7-23-24(13-19)34-18-33-23/h2-8,13-15H,9-12,16-18,27H2,1H3. The molecular weight excluding hydrogens is 446 g/mol. The van der Waals surface area contributed by atoms with Crippen LogP contribution in [-0.4, -0.2) is 67.3 Å². The number of nitrogens with zero attached hydrogens (tertiary/aromatic N) is 4. The highest BCUT2D eigenvalue weighted by Crippen LogP contribution is 2.33. The second-order valence-corrected chi connectivity index (χ2v) is 8.73. The van der Waals surface area contributed by atoms with Gasteiger partial charge in [0.2, 0.25) is 18.6 Å². The van der Waals surface area contributed by atoms with Crippen LogP contribution in [0.3, 0.4) is 0 Å². The number of nitrogens with two attached hydrogens (primary N) is 1. The molecule has 2 aliphatic heterocycles. The fraction of sp³-hybridized carbons (Fsp3) is 0.308. The van der Waals surface area contributed by atoms with E-state index >= 15 is 0 Å². The highest BCUT2D eigenvalue weighted by atomic mass is 16.7. The molecule has 0 unspecified atom stereocenters. The molecule has 0 aliphatic carbocycles. The van der Waals surface area contributed by atoms with Gasteiger partial charge in [0, 0.05) is 57.6 Å². The minimum Gasteiger partial charge on any atom is -0.454 e. The number of benzene rings is 2. The van der Waals surface area contributed by atoms with E-state index in [-0.39, 0.29) is 12.7 Å². The van der Waals surface area contributed by atoms with E-state index in [0.29, 0.717) is 37.0 Å². The van der Waals surface area contributed by atoms with Crippen molar-refractivity contribution in [2.45, 2.75) is 6.54 Å². The van der Waals surface area contributed by atoms with Crippen molar-refractivity contribution < 1.29 is 19.0 Å². The van der Waals surface area contributed by atoms with Crippen LogP contribution >= 0.6 is 0 Å². The average molecular weight is 476 g/mol. The molecule has 0 bridgehead atoms. The first kappa shape index (κ1) is 22.8. The maximum Gasteiger partial charge on any atom is 0.242 e. The van der Waals surface area contributed by atoms with Crippen molar-refractivity contribution in [3.8, 4) is 23.1 Å². The predicted octanol–water partition coefficient (Wildman–Crippen LogP) is 2.97. The van der Waals surface area contributed by atoms with E-state index in [1.165, 1.54) is 5.56 Å². The number of carbonyl (C=O) groups excluding carboxylic acids is 1. The lowest BCUT2D eigenvalue weighted by atomic mass is 10.1. The Kier molecular flexibility index (Phi) is 6.58. The number of fused-ring (bicyclic) bond motifs is 1. The van der Waals surface area contributed by atoms with Gasteiger partial charge in [0.25, 0.3) is 0 Å². The molecule has 5 rings (SSSR count). The number of ether oxygens (including phenoxy) is 3. The van der Waals surface area contributed by atoms with E-state index in [4.69, 9.17) is 19.9 Å². The zero-order valence-electron chi connectivity index (χ0n) is 19.7. The molecular formula is C26H29N5O4. The maximum atomic E-state index is 13.0. The molecule has 3 heterocycles. The first-order chi connectivity index (χ1) is 17.0. The first-order valence-electron chi connectivity index (χ1n) is 11.6. The monoisotopic (exact) mass is 475 g/mol. The van der Waals surface area contributed by atoms with Gasteiger partial charge in [-0.2, -0.15) is 0 Å². The second-order valence-electron chi connectivity index (χ2n) is 8.73. The number of aromatic nitrogens is 1. The Morgan fingerprint density at radius 3 is 2.69 bits per heavy atom. The van der Waals surface area contributed by atoms with Crippen LogP contribution in [0.1, 0.15) is 5.56 Å². The van der Waals surface area contributed by atoms with Crippen LogP contribution in [0.15, 0.2) is 60.8 Å². The Morgan fingerprint density at radius 2 is 1.89 bits per heavy atom. The summed E-state index contributed by atoms with van der Waals surface area (Å²) >= 11 is 0. The van der Waals surface area contributed by atoms with Crippen molar-refractivity contribution in [2.75, 3.05) is 57.2 Å². The normalized spacial score (nSPS) is 15.2. The number of rotatable bonds is 7. The van der Waals surface area contributed by atoms with E-state index in [9.17, 15) is 4.79 Å². The largest absolute Gasteiger partial charge is 0.454 e. The summed E-state index contributed by atoms with van der Waals surface area (Å²) in [5.41, 5.74) is 8.34. The van der Waals surface area contributed by atoms with Gasteiger partial charge < -0.3 is 29.7 Å². The van der Waals surface area contributed by atoms with E-state index in [2.05, 4.69) is 16.0 Å². The van der Waals surface area contributed by atoms with Crippen molar-refractivity contribution >= 4 is 17.3 Å². The van der Waals surface area contributed by atoms with Gasteiger partial charge in [-0.3, -0.25) is 9.69 Å². The molecule has 9 nitrogen and oxygen atoms in total. The number of hydrogen-bond acceptors (Lipinski definition) is 8. The van der Waals surface area contributed by atoms with E-state index < -0.39 is 0 Å². The van der Waals surface area contributed by atoms with E-state index in [0.717, 1.165) is 36.8 Å². The van der Waals surface area contributed by atoms with Crippen molar-refractivity contribution in [1.29, 1.82) is 0 Å². The van der Waals surface area contributed by atoms with Crippen LogP contribution in [0.25, 0.3) is 0 Å². The van der Waals surface area contributed by atoms with Crippen LogP contribution in [-0.2, 0) is 11.3 Å². The molecule has 0 radical (unpaired) electrons. The molecule has 2 aromatic carbocycles. The number of anilines is 2. The number of hydrogen-bond donors (Lipinski definition) is 1. The summed E-state index contributed by atoms with van der Waals surface area (Å²) in [5, 5.41) is 0. The van der Waals surface area contributed by atoms with Gasteiger partial charge >= 0.3 is 0 Å². The third-order valence-corrected chi connectivity index (χ3v) is 6.18. The Labute approximate surface area is 204 Å². The summed E-state index contributed by atoms with van der Waals surface area (Å²) in [6, 6.07) is 17.1. The first-order valence-corrected chi connectivity index (χ1v) is 11.6. The summed E-state index contributed by atoms with van der Waals surface area (Å²) in [4.78, 5) is 23.4. The van der Waals surface area contributed by atoms with Crippen LogP contribution < -0.4 is 24.8 Å². The summed E-state index contributed by atoms with van der Waals surface area (Å²) in [7, 11) is 1.91. The predicted molar refractivity (Wildman–Crippen MR) is 133 cm³/mol. The van der Waals surface area contributed by atoms with Crippen molar-refractivity contribution in [3.05, 3.63) is 66.4 Å². The molecule has 2 N–H and O–H groups in total. The summed E-state index contributed by atoms with van der Waals surface area (Å²) in [5.74, 6) is 2.83. The van der Waals surface area contributed by atoms with Crippen LogP contribution in [0.4, 0.5) is 11.4 Å². The van der Waals surface area contributed by atoms with Gasteiger partial charge in [0.1, 0.15) is 5.75 Å². The SMILES string of the molecule is CN(CC(=O)N1CCN(Cc2ccc3c(c2)OCO3)CC1)c1cccc(Oc2ccc(N)cn2)c1. The Hall–Kier alpha value is -3.98. The lowest BCUT2D eigenvalue weighted by molar-refractivity contribution is -0.131. The molecule has 0 atom stereocenters. The number of amides is 1. The van der Waals surface area contributed by atoms with Gasteiger partial charge in [-0.1, -0.05) is 12.1 Å².